The molecule has 0 saturated heterocycles. The molecule has 1 nitrogen and oxygen atoms in total. The Morgan fingerprint density at radius 3 is 2.67 bits per heavy atom. The van der Waals surface area contributed by atoms with Gasteiger partial charge in [0.05, 0.1) is 0 Å². The average Bonchev–Trinajstić information content (AvgIpc) is 2.39. The molecule has 0 radical (unpaired) electrons. The van der Waals surface area contributed by atoms with Crippen LogP contribution in [0.15, 0.2) is 48.0 Å². The van der Waals surface area contributed by atoms with Gasteiger partial charge >= 0.3 is 0 Å². The molecule has 0 unspecified atom stereocenters. The van der Waals surface area contributed by atoms with Crippen LogP contribution in [0.5, 0.6) is 0 Å². The average molecular weight is 239 g/mol. The number of hydrogen-bond donors (Lipinski definition) is 1. The first-order valence-corrected chi connectivity index (χ1v) is 6.66. The van der Waals surface area contributed by atoms with Crippen molar-refractivity contribution in [3.05, 3.63) is 53.6 Å². The monoisotopic (exact) mass is 239 g/mol. The molecule has 2 aromatic rings. The van der Waals surface area contributed by atoms with Crippen molar-refractivity contribution in [3.8, 4) is 0 Å². The maximum Gasteiger partial charge on any atom is 0.0165 e. The Hall–Kier alpha value is -1.60. The van der Waals surface area contributed by atoms with E-state index in [1.165, 1.54) is 28.3 Å². The van der Waals surface area contributed by atoms with Crippen molar-refractivity contribution in [1.29, 1.82) is 0 Å². The third-order valence-corrected chi connectivity index (χ3v) is 3.02. The summed E-state index contributed by atoms with van der Waals surface area (Å²) in [6.45, 7) is 6.43. The zero-order valence-corrected chi connectivity index (χ0v) is 11.2. The molecule has 1 N–H and O–H groups in total. The van der Waals surface area contributed by atoms with Crippen molar-refractivity contribution in [2.45, 2.75) is 20.3 Å². The molecule has 18 heavy (non-hydrogen) atoms. The summed E-state index contributed by atoms with van der Waals surface area (Å²) in [5, 5.41) is 6.03. The Morgan fingerprint density at radius 1 is 1.11 bits per heavy atom. The predicted octanol–water partition coefficient (Wildman–Crippen LogP) is 4.24. The van der Waals surface area contributed by atoms with Gasteiger partial charge in [-0.05, 0) is 42.3 Å². The number of hydrogen-bond acceptors (Lipinski definition) is 1. The minimum Gasteiger partial charge on any atom is -0.313 e. The zero-order chi connectivity index (χ0) is 12.8. The highest BCUT2D eigenvalue weighted by Crippen LogP contribution is 2.17. The second-order valence-corrected chi connectivity index (χ2v) is 4.77. The molecule has 0 atom stereocenters. The van der Waals surface area contributed by atoms with E-state index in [9.17, 15) is 0 Å². The Kier molecular flexibility index (Phi) is 4.54. The van der Waals surface area contributed by atoms with Gasteiger partial charge < -0.3 is 5.32 Å². The van der Waals surface area contributed by atoms with Crippen LogP contribution in [0.25, 0.3) is 16.8 Å². The minimum absolute atomic E-state index is 0.973. The van der Waals surface area contributed by atoms with E-state index in [1.54, 1.807) is 0 Å². The molecule has 0 fully saturated rings. The molecule has 0 heterocycles. The van der Waals surface area contributed by atoms with Gasteiger partial charge in [-0.15, -0.1) is 0 Å². The molecular weight excluding hydrogens is 218 g/mol. The first-order valence-electron chi connectivity index (χ1n) is 6.66. The molecule has 0 aromatic heterocycles. The van der Waals surface area contributed by atoms with Crippen LogP contribution in [0.1, 0.15) is 25.8 Å². The zero-order valence-electron chi connectivity index (χ0n) is 11.2. The lowest BCUT2D eigenvalue weighted by Crippen LogP contribution is -2.16. The van der Waals surface area contributed by atoms with Gasteiger partial charge in [0.15, 0.2) is 0 Å². The van der Waals surface area contributed by atoms with Crippen LogP contribution in [-0.4, -0.2) is 13.1 Å². The van der Waals surface area contributed by atoms with Crippen molar-refractivity contribution in [2.75, 3.05) is 13.1 Å². The lowest BCUT2D eigenvalue weighted by Gasteiger charge is -2.04. The van der Waals surface area contributed by atoms with Gasteiger partial charge in [-0.2, -0.15) is 0 Å². The first kappa shape index (κ1) is 12.8. The van der Waals surface area contributed by atoms with Gasteiger partial charge in [0.25, 0.3) is 0 Å². The van der Waals surface area contributed by atoms with E-state index in [0.717, 1.165) is 13.1 Å². The normalized spacial score (nSPS) is 12.0. The van der Waals surface area contributed by atoms with Crippen LogP contribution in [0, 0.1) is 0 Å². The quantitative estimate of drug-likeness (QED) is 0.769. The molecule has 1 heteroatoms. The third-order valence-electron chi connectivity index (χ3n) is 3.02. The van der Waals surface area contributed by atoms with Crippen molar-refractivity contribution in [1.82, 2.24) is 5.32 Å². The Balaban J connectivity index is 2.13. The van der Waals surface area contributed by atoms with Crippen LogP contribution in [0.3, 0.4) is 0 Å². The van der Waals surface area contributed by atoms with Gasteiger partial charge in [0, 0.05) is 6.54 Å². The molecule has 0 saturated carbocycles. The lowest BCUT2D eigenvalue weighted by molar-refractivity contribution is 0.715. The topological polar surface area (TPSA) is 12.0 Å². The van der Waals surface area contributed by atoms with Crippen molar-refractivity contribution in [3.63, 3.8) is 0 Å². The second kappa shape index (κ2) is 6.36. The molecule has 2 rings (SSSR count). The fourth-order valence-corrected chi connectivity index (χ4v) is 2.10. The second-order valence-electron chi connectivity index (χ2n) is 4.77. The lowest BCUT2D eigenvalue weighted by atomic mass is 10.1. The summed E-state index contributed by atoms with van der Waals surface area (Å²) in [4.78, 5) is 0. The summed E-state index contributed by atoms with van der Waals surface area (Å²) >= 11 is 0. The Morgan fingerprint density at radius 2 is 1.89 bits per heavy atom. The maximum atomic E-state index is 3.42. The van der Waals surface area contributed by atoms with Gasteiger partial charge in [-0.1, -0.05) is 55.0 Å². The van der Waals surface area contributed by atoms with Crippen LogP contribution in [-0.2, 0) is 0 Å². The molecular formula is C17H21N. The summed E-state index contributed by atoms with van der Waals surface area (Å²) in [6.07, 6.45) is 3.44. The van der Waals surface area contributed by atoms with Crippen molar-refractivity contribution < 1.29 is 0 Å². The Bertz CT molecular complexity index is 540. The SMILES string of the molecule is CCCNCC(C)=Cc1ccc2ccccc2c1. The highest BCUT2D eigenvalue weighted by Gasteiger charge is 1.95. The molecule has 0 spiro atoms. The van der Waals surface area contributed by atoms with Crippen LogP contribution < -0.4 is 5.32 Å². The molecule has 0 bridgehead atoms. The molecule has 0 amide bonds. The summed E-state index contributed by atoms with van der Waals surface area (Å²) in [6, 6.07) is 15.1. The van der Waals surface area contributed by atoms with E-state index in [2.05, 4.69) is 67.7 Å². The van der Waals surface area contributed by atoms with Gasteiger partial charge in [-0.3, -0.25) is 0 Å². The number of fused-ring (bicyclic) bond motifs is 1. The third kappa shape index (κ3) is 3.44. The molecule has 0 aliphatic heterocycles. The van der Waals surface area contributed by atoms with Crippen LogP contribution >= 0.6 is 0 Å². The summed E-state index contributed by atoms with van der Waals surface area (Å²) in [5.41, 5.74) is 2.66. The van der Waals surface area contributed by atoms with E-state index < -0.39 is 0 Å². The highest BCUT2D eigenvalue weighted by atomic mass is 14.8. The van der Waals surface area contributed by atoms with Gasteiger partial charge in [-0.25, -0.2) is 0 Å². The fourth-order valence-electron chi connectivity index (χ4n) is 2.10. The number of nitrogens with one attached hydrogen (secondary N) is 1. The van der Waals surface area contributed by atoms with E-state index in [0.29, 0.717) is 0 Å². The summed E-state index contributed by atoms with van der Waals surface area (Å²) < 4.78 is 0. The smallest absolute Gasteiger partial charge is 0.0165 e. The van der Waals surface area contributed by atoms with Crippen LogP contribution in [0.4, 0.5) is 0 Å². The van der Waals surface area contributed by atoms with E-state index in [1.807, 2.05) is 0 Å². The number of benzene rings is 2. The van der Waals surface area contributed by atoms with Crippen molar-refractivity contribution >= 4 is 16.8 Å². The van der Waals surface area contributed by atoms with Crippen molar-refractivity contribution in [2.24, 2.45) is 0 Å². The molecule has 2 aromatic carbocycles. The van der Waals surface area contributed by atoms with E-state index >= 15 is 0 Å². The largest absolute Gasteiger partial charge is 0.313 e. The minimum atomic E-state index is 0.973. The van der Waals surface area contributed by atoms with E-state index in [4.69, 9.17) is 0 Å². The fraction of sp³-hybridized carbons (Fsp3) is 0.294. The van der Waals surface area contributed by atoms with Gasteiger partial charge in [0.1, 0.15) is 0 Å². The Labute approximate surface area is 110 Å². The standard InChI is InChI=1S/C17H21N/c1-3-10-18-13-14(2)11-15-8-9-16-6-4-5-7-17(16)12-15/h4-9,11-12,18H,3,10,13H2,1-2H3. The summed E-state index contributed by atoms with van der Waals surface area (Å²) in [7, 11) is 0. The maximum absolute atomic E-state index is 3.42. The predicted molar refractivity (Wildman–Crippen MR) is 80.8 cm³/mol. The molecule has 0 aliphatic rings. The molecule has 94 valence electrons. The number of rotatable bonds is 5. The van der Waals surface area contributed by atoms with Gasteiger partial charge in [0.2, 0.25) is 0 Å². The summed E-state index contributed by atoms with van der Waals surface area (Å²) in [5.74, 6) is 0. The molecule has 0 aliphatic carbocycles. The highest BCUT2D eigenvalue weighted by molar-refractivity contribution is 5.84. The van der Waals surface area contributed by atoms with E-state index in [-0.39, 0.29) is 0 Å². The first-order chi connectivity index (χ1) is 8.79. The van der Waals surface area contributed by atoms with Crippen LogP contribution in [0.2, 0.25) is 0 Å².